The summed E-state index contributed by atoms with van der Waals surface area (Å²) in [4.78, 5) is 12.3. The minimum atomic E-state index is -0.00621. The number of carbonyl (C=O) groups is 1. The molecule has 2 heterocycles. The molecule has 4 rings (SSSR count). The monoisotopic (exact) mass is 335 g/mol. The third kappa shape index (κ3) is 3.00. The second-order valence-electron chi connectivity index (χ2n) is 6.70. The van der Waals surface area contributed by atoms with Gasteiger partial charge in [-0.15, -0.1) is 6.42 Å². The molecule has 1 amide bonds. The van der Waals surface area contributed by atoms with Crippen molar-refractivity contribution in [2.45, 2.75) is 44.1 Å². The Bertz CT molecular complexity index is 828. The van der Waals surface area contributed by atoms with Gasteiger partial charge in [-0.1, -0.05) is 30.9 Å². The lowest BCUT2D eigenvalue weighted by Gasteiger charge is -2.25. The predicted molar refractivity (Wildman–Crippen MR) is 95.6 cm³/mol. The molecule has 0 spiro atoms. The van der Waals surface area contributed by atoms with Crippen LogP contribution in [0.1, 0.15) is 55.2 Å². The molecule has 0 saturated heterocycles. The van der Waals surface area contributed by atoms with Gasteiger partial charge in [-0.05, 0) is 30.5 Å². The Morgan fingerprint density at radius 2 is 2.20 bits per heavy atom. The molecule has 1 aromatic heterocycles. The summed E-state index contributed by atoms with van der Waals surface area (Å²) in [7, 11) is 0. The number of nitrogens with zero attached hydrogens (tertiary/aromatic N) is 2. The van der Waals surface area contributed by atoms with Crippen molar-refractivity contribution in [3.05, 3.63) is 41.6 Å². The van der Waals surface area contributed by atoms with Crippen LogP contribution in [-0.4, -0.2) is 22.3 Å². The van der Waals surface area contributed by atoms with Crippen molar-refractivity contribution in [2.75, 3.05) is 11.9 Å². The van der Waals surface area contributed by atoms with Gasteiger partial charge >= 0.3 is 0 Å². The lowest BCUT2D eigenvalue weighted by Crippen LogP contribution is -2.25. The summed E-state index contributed by atoms with van der Waals surface area (Å²) in [6.07, 6.45) is 12.3. The van der Waals surface area contributed by atoms with Crippen molar-refractivity contribution in [2.24, 2.45) is 0 Å². The first kappa shape index (κ1) is 15.8. The van der Waals surface area contributed by atoms with Gasteiger partial charge in [-0.3, -0.25) is 4.79 Å². The van der Waals surface area contributed by atoms with Gasteiger partial charge in [0.1, 0.15) is 18.2 Å². The van der Waals surface area contributed by atoms with E-state index in [4.69, 9.17) is 11.2 Å². The van der Waals surface area contributed by atoms with Crippen LogP contribution in [-0.2, 0) is 4.79 Å². The van der Waals surface area contributed by atoms with Crippen LogP contribution >= 0.6 is 0 Å². The molecule has 0 radical (unpaired) electrons. The first-order valence-electron chi connectivity index (χ1n) is 8.79. The Kier molecular flexibility index (Phi) is 4.19. The number of rotatable bonds is 4. The van der Waals surface area contributed by atoms with Crippen molar-refractivity contribution < 1.29 is 9.53 Å². The summed E-state index contributed by atoms with van der Waals surface area (Å²) >= 11 is 0. The highest BCUT2D eigenvalue weighted by molar-refractivity contribution is 5.94. The van der Waals surface area contributed by atoms with Gasteiger partial charge in [0, 0.05) is 17.9 Å². The normalized spacial score (nSPS) is 20.0. The van der Waals surface area contributed by atoms with E-state index in [0.717, 1.165) is 35.5 Å². The van der Waals surface area contributed by atoms with E-state index in [2.05, 4.69) is 16.3 Å². The zero-order chi connectivity index (χ0) is 17.2. The molecule has 1 N–H and O–H groups in total. The molecule has 25 heavy (non-hydrogen) atoms. The molecule has 128 valence electrons. The van der Waals surface area contributed by atoms with E-state index in [1.165, 1.54) is 12.8 Å². The summed E-state index contributed by atoms with van der Waals surface area (Å²) in [6.45, 7) is 0.236. The SMILES string of the molecule is C#CCOc1cccc(C2CC(=O)Nc3c2cnn3C2CCCC2)c1. The fourth-order valence-corrected chi connectivity index (χ4v) is 3.91. The Hall–Kier alpha value is -2.74. The molecule has 2 aromatic rings. The van der Waals surface area contributed by atoms with E-state index >= 15 is 0 Å². The molecule has 1 saturated carbocycles. The van der Waals surface area contributed by atoms with Gasteiger partial charge in [-0.2, -0.15) is 5.10 Å². The number of ether oxygens (including phenoxy) is 1. The van der Waals surface area contributed by atoms with Crippen LogP contribution in [0.25, 0.3) is 0 Å². The molecule has 0 bridgehead atoms. The molecule has 1 fully saturated rings. The van der Waals surface area contributed by atoms with Crippen molar-refractivity contribution in [3.63, 3.8) is 0 Å². The van der Waals surface area contributed by atoms with Gasteiger partial charge in [0.05, 0.1) is 12.2 Å². The Balaban J connectivity index is 1.68. The number of amides is 1. The minimum Gasteiger partial charge on any atom is -0.481 e. The quantitative estimate of drug-likeness (QED) is 0.870. The molecule has 1 aromatic carbocycles. The van der Waals surface area contributed by atoms with Gasteiger partial charge < -0.3 is 10.1 Å². The van der Waals surface area contributed by atoms with Crippen LogP contribution in [0.5, 0.6) is 5.75 Å². The van der Waals surface area contributed by atoms with Crippen molar-refractivity contribution >= 4 is 11.7 Å². The maximum Gasteiger partial charge on any atom is 0.226 e. The fraction of sp³-hybridized carbons (Fsp3) is 0.400. The fourth-order valence-electron chi connectivity index (χ4n) is 3.91. The summed E-state index contributed by atoms with van der Waals surface area (Å²) in [5, 5.41) is 7.64. The Labute approximate surface area is 147 Å². The Morgan fingerprint density at radius 1 is 1.36 bits per heavy atom. The molecule has 2 aliphatic rings. The number of benzene rings is 1. The highest BCUT2D eigenvalue weighted by Gasteiger charge is 2.32. The second-order valence-corrected chi connectivity index (χ2v) is 6.70. The van der Waals surface area contributed by atoms with Crippen LogP contribution < -0.4 is 10.1 Å². The number of hydrogen-bond donors (Lipinski definition) is 1. The number of hydrogen-bond acceptors (Lipinski definition) is 3. The average molecular weight is 335 g/mol. The van der Waals surface area contributed by atoms with Crippen molar-refractivity contribution in [3.8, 4) is 18.1 Å². The zero-order valence-electron chi connectivity index (χ0n) is 14.1. The molecule has 1 unspecified atom stereocenters. The van der Waals surface area contributed by atoms with E-state index in [9.17, 15) is 4.79 Å². The van der Waals surface area contributed by atoms with E-state index < -0.39 is 0 Å². The smallest absolute Gasteiger partial charge is 0.226 e. The van der Waals surface area contributed by atoms with Crippen LogP contribution in [0.15, 0.2) is 30.5 Å². The van der Waals surface area contributed by atoms with Crippen molar-refractivity contribution in [1.29, 1.82) is 0 Å². The van der Waals surface area contributed by atoms with Crippen LogP contribution in [0.2, 0.25) is 0 Å². The first-order valence-corrected chi connectivity index (χ1v) is 8.79. The van der Waals surface area contributed by atoms with Crippen LogP contribution in [0.4, 0.5) is 5.82 Å². The second kappa shape index (κ2) is 6.64. The molecule has 1 aliphatic heterocycles. The molecule has 1 aliphatic carbocycles. The summed E-state index contributed by atoms with van der Waals surface area (Å²) < 4.78 is 7.55. The molecule has 1 atom stereocenters. The number of aromatic nitrogens is 2. The van der Waals surface area contributed by atoms with E-state index in [1.54, 1.807) is 0 Å². The van der Waals surface area contributed by atoms with Gasteiger partial charge in [-0.25, -0.2) is 4.68 Å². The number of carbonyl (C=O) groups excluding carboxylic acids is 1. The number of nitrogens with one attached hydrogen (secondary N) is 1. The number of terminal acetylenes is 1. The minimum absolute atomic E-state index is 0.00621. The molecule has 5 heteroatoms. The lowest BCUT2D eigenvalue weighted by molar-refractivity contribution is -0.116. The molecular weight excluding hydrogens is 314 g/mol. The van der Waals surface area contributed by atoms with Crippen LogP contribution in [0.3, 0.4) is 0 Å². The third-order valence-electron chi connectivity index (χ3n) is 5.10. The van der Waals surface area contributed by atoms with Gasteiger partial charge in [0.15, 0.2) is 0 Å². The Morgan fingerprint density at radius 3 is 3.00 bits per heavy atom. The average Bonchev–Trinajstić information content (AvgIpc) is 3.28. The summed E-state index contributed by atoms with van der Waals surface area (Å²) in [5.41, 5.74) is 2.14. The zero-order valence-corrected chi connectivity index (χ0v) is 14.1. The highest BCUT2D eigenvalue weighted by atomic mass is 16.5. The first-order chi connectivity index (χ1) is 12.3. The number of anilines is 1. The van der Waals surface area contributed by atoms with Crippen LogP contribution in [0, 0.1) is 12.3 Å². The van der Waals surface area contributed by atoms with E-state index in [1.807, 2.05) is 35.1 Å². The standard InChI is InChI=1S/C20H21N3O2/c1-2-10-25-16-9-5-6-14(11-16)17-12-19(24)22-20-18(17)13-21-23(20)15-7-3-4-8-15/h1,5-6,9,11,13,15,17H,3-4,7-8,10,12H2,(H,22,24). The summed E-state index contributed by atoms with van der Waals surface area (Å²) in [6, 6.07) is 8.22. The van der Waals surface area contributed by atoms with Gasteiger partial charge in [0.2, 0.25) is 5.91 Å². The van der Waals surface area contributed by atoms with Gasteiger partial charge in [0.25, 0.3) is 0 Å². The maximum absolute atomic E-state index is 12.3. The predicted octanol–water partition coefficient (Wildman–Crippen LogP) is 3.48. The third-order valence-corrected chi connectivity index (χ3v) is 5.10. The van der Waals surface area contributed by atoms with E-state index in [0.29, 0.717) is 12.5 Å². The molecular formula is C20H21N3O2. The highest BCUT2D eigenvalue weighted by Crippen LogP contribution is 2.41. The summed E-state index contributed by atoms with van der Waals surface area (Å²) in [5.74, 6) is 4.09. The number of fused-ring (bicyclic) bond motifs is 1. The lowest BCUT2D eigenvalue weighted by atomic mass is 9.87. The molecule has 5 nitrogen and oxygen atoms in total. The van der Waals surface area contributed by atoms with Crippen molar-refractivity contribution in [1.82, 2.24) is 9.78 Å². The topological polar surface area (TPSA) is 56.1 Å². The maximum atomic E-state index is 12.3. The van der Waals surface area contributed by atoms with E-state index in [-0.39, 0.29) is 18.4 Å². The largest absolute Gasteiger partial charge is 0.481 e.